The zero-order valence-electron chi connectivity index (χ0n) is 16.5. The number of hydrogen-bond acceptors (Lipinski definition) is 4. The molecule has 6 nitrogen and oxygen atoms in total. The SMILES string of the molecule is O=C1CCCc2ccccc2N1Cc1ccc(-c2ccccc2-c2nn[nH]n2)cc1. The highest BCUT2D eigenvalue weighted by molar-refractivity contribution is 5.94. The highest BCUT2D eigenvalue weighted by Gasteiger charge is 2.22. The van der Waals surface area contributed by atoms with Crippen molar-refractivity contribution in [2.24, 2.45) is 0 Å². The number of rotatable bonds is 4. The third-order valence-corrected chi connectivity index (χ3v) is 5.54. The molecule has 1 amide bonds. The van der Waals surface area contributed by atoms with E-state index in [1.54, 1.807) is 0 Å². The van der Waals surface area contributed by atoms with Gasteiger partial charge in [0.2, 0.25) is 11.7 Å². The minimum Gasteiger partial charge on any atom is -0.308 e. The first kappa shape index (κ1) is 18.2. The van der Waals surface area contributed by atoms with E-state index in [1.807, 2.05) is 41.3 Å². The van der Waals surface area contributed by atoms with E-state index in [9.17, 15) is 4.79 Å². The van der Waals surface area contributed by atoms with E-state index in [1.165, 1.54) is 5.56 Å². The number of amides is 1. The lowest BCUT2D eigenvalue weighted by Crippen LogP contribution is -2.29. The molecular weight excluding hydrogens is 374 g/mol. The zero-order chi connectivity index (χ0) is 20.3. The molecule has 4 aromatic rings. The lowest BCUT2D eigenvalue weighted by atomic mass is 9.98. The van der Waals surface area contributed by atoms with Gasteiger partial charge in [0.1, 0.15) is 0 Å². The Kier molecular flexibility index (Phi) is 4.81. The number of H-pyrrole nitrogens is 1. The number of aromatic nitrogens is 4. The summed E-state index contributed by atoms with van der Waals surface area (Å²) in [6, 6.07) is 24.6. The van der Waals surface area contributed by atoms with Crippen molar-refractivity contribution >= 4 is 11.6 Å². The first-order chi connectivity index (χ1) is 14.8. The third kappa shape index (κ3) is 3.48. The van der Waals surface area contributed by atoms with Gasteiger partial charge < -0.3 is 4.90 Å². The Morgan fingerprint density at radius 2 is 1.63 bits per heavy atom. The topological polar surface area (TPSA) is 74.8 Å². The second-order valence-corrected chi connectivity index (χ2v) is 7.44. The summed E-state index contributed by atoms with van der Waals surface area (Å²) < 4.78 is 0. The van der Waals surface area contributed by atoms with Crippen molar-refractivity contribution in [1.82, 2.24) is 20.6 Å². The number of aromatic amines is 1. The van der Waals surface area contributed by atoms with Crippen LogP contribution in [0.1, 0.15) is 24.0 Å². The first-order valence-corrected chi connectivity index (χ1v) is 10.1. The fraction of sp³-hybridized carbons (Fsp3) is 0.167. The summed E-state index contributed by atoms with van der Waals surface area (Å²) in [5, 5.41) is 14.4. The van der Waals surface area contributed by atoms with Crippen molar-refractivity contribution in [2.45, 2.75) is 25.8 Å². The van der Waals surface area contributed by atoms with E-state index < -0.39 is 0 Å². The van der Waals surface area contributed by atoms with Gasteiger partial charge in [-0.15, -0.1) is 10.2 Å². The first-order valence-electron chi connectivity index (χ1n) is 10.1. The summed E-state index contributed by atoms with van der Waals surface area (Å²) in [6.07, 6.45) is 2.44. The average molecular weight is 395 g/mol. The van der Waals surface area contributed by atoms with Gasteiger partial charge >= 0.3 is 0 Å². The van der Waals surface area contributed by atoms with Crippen molar-refractivity contribution in [3.63, 3.8) is 0 Å². The van der Waals surface area contributed by atoms with Crippen LogP contribution in [-0.4, -0.2) is 26.5 Å². The molecule has 0 spiro atoms. The number of aryl methyl sites for hydroxylation is 1. The number of benzene rings is 3. The van der Waals surface area contributed by atoms with Gasteiger partial charge in [0.15, 0.2) is 0 Å². The number of nitrogens with zero attached hydrogens (tertiary/aromatic N) is 4. The van der Waals surface area contributed by atoms with Gasteiger partial charge in [-0.2, -0.15) is 5.21 Å². The van der Waals surface area contributed by atoms with Gasteiger partial charge in [0, 0.05) is 17.7 Å². The van der Waals surface area contributed by atoms with Crippen LogP contribution in [0.3, 0.4) is 0 Å². The van der Waals surface area contributed by atoms with E-state index in [4.69, 9.17) is 0 Å². The largest absolute Gasteiger partial charge is 0.308 e. The van der Waals surface area contributed by atoms with Crippen LogP contribution in [0, 0.1) is 0 Å². The highest BCUT2D eigenvalue weighted by atomic mass is 16.2. The molecule has 0 aliphatic carbocycles. The maximum Gasteiger partial charge on any atom is 0.227 e. The molecule has 1 N–H and O–H groups in total. The molecule has 1 aliphatic heterocycles. The number of hydrogen-bond donors (Lipinski definition) is 1. The summed E-state index contributed by atoms with van der Waals surface area (Å²) >= 11 is 0. The summed E-state index contributed by atoms with van der Waals surface area (Å²) in [5.41, 5.74) is 6.42. The van der Waals surface area contributed by atoms with Gasteiger partial charge in [-0.05, 0) is 46.4 Å². The van der Waals surface area contributed by atoms with Crippen molar-refractivity contribution in [3.8, 4) is 22.5 Å². The van der Waals surface area contributed by atoms with E-state index in [-0.39, 0.29) is 5.91 Å². The molecule has 3 aromatic carbocycles. The molecule has 148 valence electrons. The van der Waals surface area contributed by atoms with Gasteiger partial charge in [0.25, 0.3) is 0 Å². The minimum absolute atomic E-state index is 0.187. The second kappa shape index (κ2) is 7.91. The molecule has 1 aliphatic rings. The number of nitrogens with one attached hydrogen (secondary N) is 1. The van der Waals surface area contributed by atoms with E-state index >= 15 is 0 Å². The summed E-state index contributed by atoms with van der Waals surface area (Å²) in [5.74, 6) is 0.757. The number of para-hydroxylation sites is 1. The number of anilines is 1. The van der Waals surface area contributed by atoms with Crippen molar-refractivity contribution in [3.05, 3.63) is 83.9 Å². The molecule has 5 rings (SSSR count). The predicted molar refractivity (Wildman–Crippen MR) is 116 cm³/mol. The van der Waals surface area contributed by atoms with Crippen LogP contribution in [-0.2, 0) is 17.8 Å². The van der Waals surface area contributed by atoms with Crippen LogP contribution in [0.25, 0.3) is 22.5 Å². The summed E-state index contributed by atoms with van der Waals surface area (Å²) in [6.45, 7) is 0.572. The van der Waals surface area contributed by atoms with Crippen LogP contribution >= 0.6 is 0 Å². The van der Waals surface area contributed by atoms with Crippen LogP contribution < -0.4 is 4.90 Å². The third-order valence-electron chi connectivity index (χ3n) is 5.54. The van der Waals surface area contributed by atoms with Crippen LogP contribution in [0.2, 0.25) is 0 Å². The molecule has 6 heteroatoms. The fourth-order valence-corrected chi connectivity index (χ4v) is 4.04. The molecule has 0 saturated heterocycles. The van der Waals surface area contributed by atoms with Crippen molar-refractivity contribution < 1.29 is 4.79 Å². The van der Waals surface area contributed by atoms with Crippen LogP contribution in [0.4, 0.5) is 5.69 Å². The van der Waals surface area contributed by atoms with Gasteiger partial charge in [-0.1, -0.05) is 66.7 Å². The number of carbonyl (C=O) groups excluding carboxylic acids is 1. The second-order valence-electron chi connectivity index (χ2n) is 7.44. The molecule has 0 radical (unpaired) electrons. The summed E-state index contributed by atoms with van der Waals surface area (Å²) in [4.78, 5) is 14.7. The molecule has 2 heterocycles. The Hall–Kier alpha value is -3.80. The fourth-order valence-electron chi connectivity index (χ4n) is 4.04. The Morgan fingerprint density at radius 3 is 2.43 bits per heavy atom. The Labute approximate surface area is 174 Å². The van der Waals surface area contributed by atoms with Crippen molar-refractivity contribution in [1.29, 1.82) is 0 Å². The predicted octanol–water partition coefficient (Wildman–Crippen LogP) is 4.40. The molecule has 0 atom stereocenters. The maximum absolute atomic E-state index is 12.7. The Morgan fingerprint density at radius 1 is 0.867 bits per heavy atom. The molecule has 0 saturated carbocycles. The number of fused-ring (bicyclic) bond motifs is 1. The van der Waals surface area contributed by atoms with Crippen LogP contribution in [0.5, 0.6) is 0 Å². The van der Waals surface area contributed by atoms with Gasteiger partial charge in [-0.25, -0.2) is 0 Å². The quantitative estimate of drug-likeness (QED) is 0.556. The van der Waals surface area contributed by atoms with E-state index in [0.29, 0.717) is 18.8 Å². The minimum atomic E-state index is 0.187. The molecule has 0 unspecified atom stereocenters. The van der Waals surface area contributed by atoms with Gasteiger partial charge in [-0.3, -0.25) is 4.79 Å². The standard InChI is InChI=1S/C24H21N5O/c30-23-11-5-7-19-6-1-4-10-22(19)29(23)16-17-12-14-18(15-13-17)20-8-2-3-9-21(20)24-25-27-28-26-24/h1-4,6,8-10,12-15H,5,7,11,16H2,(H,25,26,27,28). The van der Waals surface area contributed by atoms with Gasteiger partial charge in [0.05, 0.1) is 6.54 Å². The Bertz CT molecular complexity index is 1170. The number of tetrazole rings is 1. The lowest BCUT2D eigenvalue weighted by molar-refractivity contribution is -0.118. The van der Waals surface area contributed by atoms with E-state index in [2.05, 4.69) is 57.0 Å². The summed E-state index contributed by atoms with van der Waals surface area (Å²) in [7, 11) is 0. The molecule has 1 aromatic heterocycles. The van der Waals surface area contributed by atoms with E-state index in [0.717, 1.165) is 40.8 Å². The molecule has 0 fully saturated rings. The smallest absolute Gasteiger partial charge is 0.227 e. The average Bonchev–Trinajstić information content (AvgIpc) is 3.28. The van der Waals surface area contributed by atoms with Crippen LogP contribution in [0.15, 0.2) is 72.8 Å². The zero-order valence-corrected chi connectivity index (χ0v) is 16.5. The highest BCUT2D eigenvalue weighted by Crippen LogP contribution is 2.31. The van der Waals surface area contributed by atoms with Crippen molar-refractivity contribution in [2.75, 3.05) is 4.90 Å². The monoisotopic (exact) mass is 395 g/mol. The molecular formula is C24H21N5O. The molecule has 0 bridgehead atoms. The lowest BCUT2D eigenvalue weighted by Gasteiger charge is -2.23. The normalized spacial score (nSPS) is 13.7. The Balaban J connectivity index is 1.44. The maximum atomic E-state index is 12.7. The molecule has 30 heavy (non-hydrogen) atoms. The number of carbonyl (C=O) groups is 1.